The number of aryl methyl sites for hydroxylation is 2. The zero-order chi connectivity index (χ0) is 29.0. The summed E-state index contributed by atoms with van der Waals surface area (Å²) in [6.45, 7) is 7.31. The molecule has 42 heavy (non-hydrogen) atoms. The Kier molecular flexibility index (Phi) is 6.55. The summed E-state index contributed by atoms with van der Waals surface area (Å²) in [5.41, 5.74) is 7.00. The van der Waals surface area contributed by atoms with Gasteiger partial charge in [0.2, 0.25) is 0 Å². The van der Waals surface area contributed by atoms with E-state index in [0.717, 1.165) is 71.8 Å². The fourth-order valence-corrected chi connectivity index (χ4v) is 6.55. The van der Waals surface area contributed by atoms with Gasteiger partial charge >= 0.3 is 0 Å². The monoisotopic (exact) mass is 557 g/mol. The highest BCUT2D eigenvalue weighted by Crippen LogP contribution is 2.43. The third-order valence-electron chi connectivity index (χ3n) is 8.75. The van der Waals surface area contributed by atoms with Gasteiger partial charge in [-0.05, 0) is 98.0 Å². The van der Waals surface area contributed by atoms with Crippen LogP contribution in [0.25, 0.3) is 39.2 Å². The number of aromatic amines is 1. The van der Waals surface area contributed by atoms with Crippen molar-refractivity contribution >= 4 is 10.9 Å². The molecule has 1 saturated heterocycles. The van der Waals surface area contributed by atoms with Gasteiger partial charge in [0.1, 0.15) is 17.2 Å². The smallest absolute Gasteiger partial charge is 0.280 e. The van der Waals surface area contributed by atoms with Crippen LogP contribution in [0.15, 0.2) is 59.8 Å². The molecule has 0 amide bonds. The van der Waals surface area contributed by atoms with Gasteiger partial charge in [0.05, 0.1) is 11.6 Å². The number of nitrogens with zero attached hydrogens (tertiary/aromatic N) is 6. The van der Waals surface area contributed by atoms with Crippen molar-refractivity contribution < 1.29 is 0 Å². The lowest BCUT2D eigenvalue weighted by molar-refractivity contribution is 0.175. The lowest BCUT2D eigenvalue weighted by atomic mass is 9.97. The van der Waals surface area contributed by atoms with Crippen LogP contribution in [-0.2, 0) is 13.6 Å². The second-order valence-electron chi connectivity index (χ2n) is 12.2. The molecule has 4 aromatic heterocycles. The quantitative estimate of drug-likeness (QED) is 0.273. The van der Waals surface area contributed by atoms with Crippen molar-refractivity contribution in [3.8, 4) is 34.4 Å². The molecule has 1 aliphatic heterocycles. The summed E-state index contributed by atoms with van der Waals surface area (Å²) in [6, 6.07) is 14.1. The standard InChI is InChI=1S/C34H35N7O/c1-21-5-4-11-40(18-21)19-26-16-28-30(24-7-8-24)20-41(34(42)32(28)38-26)31-15-25(13-22(2)37-31)27-9-6-23(17-35)14-29(27)33-36-10-12-39(33)3/h6,9-10,12-16,20-21,24,38H,4-5,7-8,11,18-19H2,1-3H3/t21-/m0/s1. The first kappa shape index (κ1) is 26.4. The Balaban J connectivity index is 1.34. The van der Waals surface area contributed by atoms with Gasteiger partial charge < -0.3 is 9.55 Å². The molecule has 8 nitrogen and oxygen atoms in total. The van der Waals surface area contributed by atoms with Crippen LogP contribution in [0.5, 0.6) is 0 Å². The number of hydrogen-bond donors (Lipinski definition) is 1. The number of nitrogens with one attached hydrogen (secondary N) is 1. The van der Waals surface area contributed by atoms with Crippen LogP contribution in [-0.4, -0.2) is 42.1 Å². The van der Waals surface area contributed by atoms with Gasteiger partial charge in [0, 0.05) is 61.1 Å². The number of aromatic nitrogens is 5. The van der Waals surface area contributed by atoms with Gasteiger partial charge in [-0.2, -0.15) is 5.26 Å². The minimum absolute atomic E-state index is 0.0825. The van der Waals surface area contributed by atoms with Gasteiger partial charge in [0.25, 0.3) is 5.56 Å². The van der Waals surface area contributed by atoms with Gasteiger partial charge in [0.15, 0.2) is 0 Å². The van der Waals surface area contributed by atoms with Crippen LogP contribution in [0.4, 0.5) is 0 Å². The molecule has 212 valence electrons. The summed E-state index contributed by atoms with van der Waals surface area (Å²) in [7, 11) is 1.94. The van der Waals surface area contributed by atoms with Crippen molar-refractivity contribution in [2.24, 2.45) is 13.0 Å². The molecule has 2 fully saturated rings. The van der Waals surface area contributed by atoms with Crippen molar-refractivity contribution in [2.45, 2.75) is 52.0 Å². The Morgan fingerprint density at radius 3 is 2.71 bits per heavy atom. The van der Waals surface area contributed by atoms with Gasteiger partial charge in [-0.1, -0.05) is 13.0 Å². The largest absolute Gasteiger partial charge is 0.353 e. The highest BCUT2D eigenvalue weighted by molar-refractivity contribution is 5.85. The van der Waals surface area contributed by atoms with E-state index in [4.69, 9.17) is 4.98 Å². The van der Waals surface area contributed by atoms with E-state index in [1.807, 2.05) is 61.3 Å². The van der Waals surface area contributed by atoms with Crippen molar-refractivity contribution in [3.05, 3.63) is 87.9 Å². The van der Waals surface area contributed by atoms with E-state index in [9.17, 15) is 10.1 Å². The van der Waals surface area contributed by atoms with Crippen LogP contribution in [0.2, 0.25) is 0 Å². The summed E-state index contributed by atoms with van der Waals surface area (Å²) < 4.78 is 3.67. The number of rotatable bonds is 6. The molecule has 1 N–H and O–H groups in total. The molecule has 8 heteroatoms. The average Bonchev–Trinajstić information content (AvgIpc) is 3.59. The number of benzene rings is 1. The molecule has 2 aliphatic rings. The van der Waals surface area contributed by atoms with Gasteiger partial charge in [-0.3, -0.25) is 14.3 Å². The third kappa shape index (κ3) is 4.84. The molecule has 1 saturated carbocycles. The number of hydrogen-bond acceptors (Lipinski definition) is 5. The zero-order valence-corrected chi connectivity index (χ0v) is 24.4. The SMILES string of the molecule is Cc1cc(-c2ccc(C#N)cc2-c2nccn2C)cc(-n2cc(C3CC3)c3cc(CN4CCC[C@H](C)C4)[nH]c3c2=O)n1. The Morgan fingerprint density at radius 2 is 1.98 bits per heavy atom. The van der Waals surface area contributed by atoms with E-state index in [0.29, 0.717) is 28.7 Å². The van der Waals surface area contributed by atoms with E-state index < -0.39 is 0 Å². The molecule has 0 spiro atoms. The lowest BCUT2D eigenvalue weighted by Gasteiger charge is -2.30. The third-order valence-corrected chi connectivity index (χ3v) is 8.75. The fraction of sp³-hybridized carbons (Fsp3) is 0.353. The van der Waals surface area contributed by atoms with Crippen LogP contribution < -0.4 is 5.56 Å². The predicted octanol–water partition coefficient (Wildman–Crippen LogP) is 6.07. The minimum Gasteiger partial charge on any atom is -0.353 e. The maximum atomic E-state index is 14.1. The van der Waals surface area contributed by atoms with E-state index in [-0.39, 0.29) is 5.56 Å². The first-order chi connectivity index (χ1) is 20.4. The van der Waals surface area contributed by atoms with Crippen LogP contribution in [0, 0.1) is 24.2 Å². The molecule has 1 atom stereocenters. The Labute approximate surface area is 245 Å². The number of pyridine rings is 2. The molecular weight excluding hydrogens is 522 g/mol. The van der Waals surface area contributed by atoms with Crippen LogP contribution in [0.1, 0.15) is 61.0 Å². The second kappa shape index (κ2) is 10.4. The highest BCUT2D eigenvalue weighted by atomic mass is 16.1. The number of likely N-dealkylation sites (tertiary alicyclic amines) is 1. The Morgan fingerprint density at radius 1 is 1.12 bits per heavy atom. The molecule has 0 bridgehead atoms. The van der Waals surface area contributed by atoms with E-state index >= 15 is 0 Å². The fourth-order valence-electron chi connectivity index (χ4n) is 6.55. The number of piperidine rings is 1. The summed E-state index contributed by atoms with van der Waals surface area (Å²) in [5, 5.41) is 10.6. The van der Waals surface area contributed by atoms with E-state index in [1.54, 1.807) is 10.8 Å². The number of imidazole rings is 1. The number of nitriles is 1. The molecule has 1 aromatic carbocycles. The zero-order valence-electron chi connectivity index (χ0n) is 24.4. The summed E-state index contributed by atoms with van der Waals surface area (Å²) in [4.78, 5) is 29.5. The van der Waals surface area contributed by atoms with Crippen molar-refractivity contribution in [1.29, 1.82) is 5.26 Å². The maximum Gasteiger partial charge on any atom is 0.280 e. The van der Waals surface area contributed by atoms with Crippen molar-refractivity contribution in [1.82, 2.24) is 29.0 Å². The summed E-state index contributed by atoms with van der Waals surface area (Å²) in [6.07, 6.45) is 10.5. The first-order valence-electron chi connectivity index (χ1n) is 14.9. The summed E-state index contributed by atoms with van der Waals surface area (Å²) >= 11 is 0. The highest BCUT2D eigenvalue weighted by Gasteiger charge is 2.29. The van der Waals surface area contributed by atoms with E-state index in [2.05, 4.69) is 33.9 Å². The molecule has 0 unspecified atom stereocenters. The predicted molar refractivity (Wildman–Crippen MR) is 164 cm³/mol. The van der Waals surface area contributed by atoms with Gasteiger partial charge in [-0.25, -0.2) is 9.97 Å². The molecule has 1 aliphatic carbocycles. The molecule has 7 rings (SSSR count). The molecular formula is C34H35N7O. The van der Waals surface area contributed by atoms with E-state index in [1.165, 1.54) is 18.4 Å². The minimum atomic E-state index is -0.0825. The average molecular weight is 558 g/mol. The number of H-pyrrole nitrogens is 1. The molecule has 0 radical (unpaired) electrons. The Bertz CT molecular complexity index is 1920. The molecule has 5 heterocycles. The Hall–Kier alpha value is -4.48. The van der Waals surface area contributed by atoms with Crippen LogP contribution in [0.3, 0.4) is 0 Å². The first-order valence-corrected chi connectivity index (χ1v) is 14.9. The van der Waals surface area contributed by atoms with Crippen molar-refractivity contribution in [2.75, 3.05) is 13.1 Å². The summed E-state index contributed by atoms with van der Waals surface area (Å²) in [5.74, 6) is 2.54. The van der Waals surface area contributed by atoms with Gasteiger partial charge in [-0.15, -0.1) is 0 Å². The number of fused-ring (bicyclic) bond motifs is 1. The van der Waals surface area contributed by atoms with Crippen LogP contribution >= 0.6 is 0 Å². The topological polar surface area (TPSA) is 95.5 Å². The van der Waals surface area contributed by atoms with Crippen molar-refractivity contribution in [3.63, 3.8) is 0 Å². The maximum absolute atomic E-state index is 14.1. The normalized spacial score (nSPS) is 17.5. The second-order valence-corrected chi connectivity index (χ2v) is 12.2. The molecule has 5 aromatic rings. The lowest BCUT2D eigenvalue weighted by Crippen LogP contribution is -2.33.